The van der Waals surface area contributed by atoms with Gasteiger partial charge in [-0.15, -0.1) is 0 Å². The fraction of sp³-hybridized carbons (Fsp3) is 0.857. The molecule has 3 saturated carbocycles. The van der Waals surface area contributed by atoms with E-state index in [1.807, 2.05) is 0 Å². The molecule has 74 valence electrons. The van der Waals surface area contributed by atoms with Crippen molar-refractivity contribution >= 4 is 16.0 Å². The predicted octanol–water partition coefficient (Wildman–Crippen LogP) is -0.629. The molecule has 0 saturated heterocycles. The van der Waals surface area contributed by atoms with Crippen molar-refractivity contribution < 1.29 is 17.9 Å². The lowest BCUT2D eigenvalue weighted by atomic mass is 9.43. The highest BCUT2D eigenvalue weighted by atomic mass is 32.2. The summed E-state index contributed by atoms with van der Waals surface area (Å²) in [6.07, 6.45) is 1.02. The molecule has 0 radical (unpaired) electrons. The third kappa shape index (κ3) is 0.847. The third-order valence-electron chi connectivity index (χ3n) is 3.20. The molecule has 2 N–H and O–H groups in total. The molecule has 0 aromatic rings. The summed E-state index contributed by atoms with van der Waals surface area (Å²) in [7, 11) is -2.18. The Kier molecular flexibility index (Phi) is 1.42. The Hall–Kier alpha value is -0.620. The van der Waals surface area contributed by atoms with Gasteiger partial charge < -0.3 is 4.74 Å². The maximum absolute atomic E-state index is 11.2. The minimum atomic E-state index is -3.49. The highest BCUT2D eigenvalue weighted by Crippen LogP contribution is 2.70. The van der Waals surface area contributed by atoms with E-state index in [2.05, 4.69) is 4.74 Å². The van der Waals surface area contributed by atoms with Crippen molar-refractivity contribution in [2.75, 3.05) is 7.11 Å². The molecular formula is C7H11NO4S. The van der Waals surface area contributed by atoms with Gasteiger partial charge in [0.05, 0.1) is 17.3 Å². The number of hydrogen-bond donors (Lipinski definition) is 1. The number of primary sulfonamides is 1. The molecule has 0 unspecified atom stereocenters. The number of nitrogens with two attached hydrogens (primary N) is 1. The van der Waals surface area contributed by atoms with Crippen LogP contribution in [0.4, 0.5) is 0 Å². The average molecular weight is 205 g/mol. The number of carbonyl (C=O) groups is 1. The van der Waals surface area contributed by atoms with Gasteiger partial charge in [-0.3, -0.25) is 4.79 Å². The van der Waals surface area contributed by atoms with Gasteiger partial charge in [0.1, 0.15) is 0 Å². The second-order valence-electron chi connectivity index (χ2n) is 4.03. The Labute approximate surface area is 76.3 Å². The average Bonchev–Trinajstić information content (AvgIpc) is 1.77. The summed E-state index contributed by atoms with van der Waals surface area (Å²) in [5, 5.41) is 5.03. The van der Waals surface area contributed by atoms with Crippen LogP contribution in [0.25, 0.3) is 0 Å². The van der Waals surface area contributed by atoms with E-state index in [1.165, 1.54) is 7.11 Å². The number of hydrogen-bond acceptors (Lipinski definition) is 4. The van der Waals surface area contributed by atoms with E-state index in [4.69, 9.17) is 5.14 Å². The molecule has 0 atom stereocenters. The van der Waals surface area contributed by atoms with E-state index in [0.29, 0.717) is 19.3 Å². The Balaban J connectivity index is 2.13. The van der Waals surface area contributed by atoms with E-state index >= 15 is 0 Å². The number of ether oxygens (including phenoxy) is 1. The summed E-state index contributed by atoms with van der Waals surface area (Å²) >= 11 is 0. The minimum Gasteiger partial charge on any atom is -0.469 e. The normalized spacial score (nSPS) is 41.7. The molecule has 0 spiro atoms. The van der Waals surface area contributed by atoms with Crippen LogP contribution in [-0.4, -0.2) is 26.2 Å². The topological polar surface area (TPSA) is 86.5 Å². The second kappa shape index (κ2) is 2.06. The Morgan fingerprint density at radius 2 is 1.85 bits per heavy atom. The van der Waals surface area contributed by atoms with Crippen LogP contribution < -0.4 is 5.14 Å². The van der Waals surface area contributed by atoms with E-state index in [1.54, 1.807) is 0 Å². The summed E-state index contributed by atoms with van der Waals surface area (Å²) in [5.41, 5.74) is -0.527. The van der Waals surface area contributed by atoms with Crippen LogP contribution in [0.3, 0.4) is 0 Å². The van der Waals surface area contributed by atoms with Gasteiger partial charge in [-0.25, -0.2) is 13.6 Å². The Morgan fingerprint density at radius 1 is 1.38 bits per heavy atom. The SMILES string of the molecule is COC(=O)C12CC(S(N)(=O)=O)(C1)C2. The van der Waals surface area contributed by atoms with Crippen molar-refractivity contribution in [3.8, 4) is 0 Å². The smallest absolute Gasteiger partial charge is 0.311 e. The first kappa shape index (κ1) is 8.96. The molecule has 0 aliphatic heterocycles. The van der Waals surface area contributed by atoms with Gasteiger partial charge in [-0.2, -0.15) is 0 Å². The fourth-order valence-corrected chi connectivity index (χ4v) is 3.86. The third-order valence-corrected chi connectivity index (χ3v) is 4.84. The maximum atomic E-state index is 11.2. The Bertz CT molecular complexity index is 352. The quantitative estimate of drug-likeness (QED) is 0.608. The zero-order valence-electron chi connectivity index (χ0n) is 7.24. The lowest BCUT2D eigenvalue weighted by Crippen LogP contribution is -2.74. The standard InChI is InChI=1S/C7H11NO4S/c1-12-5(9)6-2-7(3-6,4-6)13(8,10)11/h2-4H2,1H3,(H2,8,10,11). The van der Waals surface area contributed by atoms with Crippen LogP contribution in [0, 0.1) is 5.41 Å². The predicted molar refractivity (Wildman–Crippen MR) is 44.1 cm³/mol. The van der Waals surface area contributed by atoms with Crippen LogP contribution in [-0.2, 0) is 19.6 Å². The van der Waals surface area contributed by atoms with Gasteiger partial charge in [0.2, 0.25) is 10.0 Å². The van der Waals surface area contributed by atoms with E-state index in [0.717, 1.165) is 0 Å². The Morgan fingerprint density at radius 3 is 2.15 bits per heavy atom. The molecule has 3 rings (SSSR count). The molecular weight excluding hydrogens is 194 g/mol. The number of methoxy groups -OCH3 is 1. The zero-order valence-corrected chi connectivity index (χ0v) is 8.06. The van der Waals surface area contributed by atoms with Crippen LogP contribution in [0.1, 0.15) is 19.3 Å². The van der Waals surface area contributed by atoms with Gasteiger partial charge in [0.15, 0.2) is 0 Å². The van der Waals surface area contributed by atoms with Crippen molar-refractivity contribution in [2.45, 2.75) is 24.0 Å². The summed E-state index contributed by atoms with van der Waals surface area (Å²) in [5.74, 6) is -0.307. The molecule has 0 amide bonds. The van der Waals surface area contributed by atoms with E-state index in [9.17, 15) is 13.2 Å². The van der Waals surface area contributed by atoms with Gasteiger partial charge in [0.25, 0.3) is 0 Å². The van der Waals surface area contributed by atoms with Crippen LogP contribution in [0.15, 0.2) is 0 Å². The molecule has 3 aliphatic rings. The second-order valence-corrected chi connectivity index (χ2v) is 5.99. The number of esters is 1. The monoisotopic (exact) mass is 205 g/mol. The van der Waals surface area contributed by atoms with Crippen molar-refractivity contribution in [3.05, 3.63) is 0 Å². The molecule has 2 bridgehead atoms. The molecule has 5 nitrogen and oxygen atoms in total. The first-order chi connectivity index (χ1) is 5.85. The van der Waals surface area contributed by atoms with Gasteiger partial charge in [-0.05, 0) is 19.3 Å². The largest absolute Gasteiger partial charge is 0.469 e. The lowest BCUT2D eigenvalue weighted by molar-refractivity contribution is -0.181. The summed E-state index contributed by atoms with van der Waals surface area (Å²) < 4.78 is 25.9. The fourth-order valence-electron chi connectivity index (χ4n) is 2.43. The van der Waals surface area contributed by atoms with E-state index < -0.39 is 20.2 Å². The van der Waals surface area contributed by atoms with Crippen LogP contribution >= 0.6 is 0 Å². The van der Waals surface area contributed by atoms with Crippen molar-refractivity contribution in [2.24, 2.45) is 10.6 Å². The lowest BCUT2D eigenvalue weighted by Gasteiger charge is -2.66. The number of sulfonamides is 1. The first-order valence-corrected chi connectivity index (χ1v) is 5.51. The maximum Gasteiger partial charge on any atom is 0.311 e. The number of rotatable bonds is 2. The first-order valence-electron chi connectivity index (χ1n) is 3.96. The molecule has 0 heterocycles. The molecule has 6 heteroatoms. The zero-order chi connectivity index (χ0) is 9.91. The highest BCUT2D eigenvalue weighted by molar-refractivity contribution is 7.90. The van der Waals surface area contributed by atoms with Crippen molar-refractivity contribution in [1.29, 1.82) is 0 Å². The number of carbonyl (C=O) groups excluding carboxylic acids is 1. The van der Waals surface area contributed by atoms with Crippen molar-refractivity contribution in [3.63, 3.8) is 0 Å². The highest BCUT2D eigenvalue weighted by Gasteiger charge is 2.77. The van der Waals surface area contributed by atoms with Crippen LogP contribution in [0.2, 0.25) is 0 Å². The van der Waals surface area contributed by atoms with E-state index in [-0.39, 0.29) is 5.97 Å². The van der Waals surface area contributed by atoms with Gasteiger partial charge >= 0.3 is 5.97 Å². The molecule has 13 heavy (non-hydrogen) atoms. The molecule has 3 fully saturated rings. The van der Waals surface area contributed by atoms with Gasteiger partial charge in [0, 0.05) is 0 Å². The molecule has 3 aliphatic carbocycles. The van der Waals surface area contributed by atoms with Gasteiger partial charge in [-0.1, -0.05) is 0 Å². The summed E-state index contributed by atoms with van der Waals surface area (Å²) in [4.78, 5) is 11.2. The summed E-state index contributed by atoms with van der Waals surface area (Å²) in [6.45, 7) is 0. The van der Waals surface area contributed by atoms with Crippen molar-refractivity contribution in [1.82, 2.24) is 0 Å². The van der Waals surface area contributed by atoms with Crippen LogP contribution in [0.5, 0.6) is 0 Å². The minimum absolute atomic E-state index is 0.307. The molecule has 0 aromatic carbocycles. The summed E-state index contributed by atoms with van der Waals surface area (Å²) in [6, 6.07) is 0. The molecule has 0 aromatic heterocycles.